The molecule has 0 bridgehead atoms. The van der Waals surface area contributed by atoms with Crippen molar-refractivity contribution in [1.82, 2.24) is 9.80 Å². The average Bonchev–Trinajstić information content (AvgIpc) is 2.89. The molecule has 19 heavy (non-hydrogen) atoms. The number of carbonyl (C=O) groups excluding carboxylic acids is 1. The van der Waals surface area contributed by atoms with Crippen molar-refractivity contribution >= 4 is 17.6 Å². The highest BCUT2D eigenvalue weighted by atomic mass is 16.6. The standard InChI is InChI=1S/C11H17N3O5/c15-6-5-13-1-3-14(4-2-13)10(16)9-7-8(11(17)18)12-19-9/h9,15H,1-7H2,(H,17,18). The average molecular weight is 271 g/mol. The van der Waals surface area contributed by atoms with E-state index < -0.39 is 12.1 Å². The molecule has 2 heterocycles. The van der Waals surface area contributed by atoms with Crippen molar-refractivity contribution in [2.24, 2.45) is 5.16 Å². The fraction of sp³-hybridized carbons (Fsp3) is 0.727. The number of carboxylic acids is 1. The minimum atomic E-state index is -1.15. The first-order valence-electron chi connectivity index (χ1n) is 6.20. The summed E-state index contributed by atoms with van der Waals surface area (Å²) in [4.78, 5) is 31.4. The fourth-order valence-corrected chi connectivity index (χ4v) is 2.17. The quantitative estimate of drug-likeness (QED) is 0.635. The molecule has 0 radical (unpaired) electrons. The second kappa shape index (κ2) is 5.98. The second-order valence-electron chi connectivity index (χ2n) is 4.53. The Bertz CT molecular complexity index is 390. The smallest absolute Gasteiger partial charge is 0.353 e. The van der Waals surface area contributed by atoms with E-state index >= 15 is 0 Å². The molecule has 1 saturated heterocycles. The summed E-state index contributed by atoms with van der Waals surface area (Å²) >= 11 is 0. The van der Waals surface area contributed by atoms with Crippen LogP contribution in [0.2, 0.25) is 0 Å². The Balaban J connectivity index is 1.81. The lowest BCUT2D eigenvalue weighted by Gasteiger charge is -2.35. The molecule has 1 fully saturated rings. The molecule has 0 aromatic heterocycles. The fourth-order valence-electron chi connectivity index (χ4n) is 2.17. The van der Waals surface area contributed by atoms with Crippen molar-refractivity contribution in [1.29, 1.82) is 0 Å². The van der Waals surface area contributed by atoms with Gasteiger partial charge in [-0.3, -0.25) is 9.69 Å². The first kappa shape index (κ1) is 13.8. The maximum absolute atomic E-state index is 12.1. The third kappa shape index (κ3) is 3.21. The van der Waals surface area contributed by atoms with E-state index in [1.54, 1.807) is 4.90 Å². The van der Waals surface area contributed by atoms with Crippen molar-refractivity contribution in [3.8, 4) is 0 Å². The molecule has 2 N–H and O–H groups in total. The van der Waals surface area contributed by atoms with Crippen molar-refractivity contribution in [3.63, 3.8) is 0 Å². The number of carbonyl (C=O) groups is 2. The Morgan fingerprint density at radius 3 is 2.53 bits per heavy atom. The minimum absolute atomic E-state index is 0.0189. The molecule has 1 unspecified atom stereocenters. The van der Waals surface area contributed by atoms with Crippen LogP contribution < -0.4 is 0 Å². The van der Waals surface area contributed by atoms with Crippen LogP contribution >= 0.6 is 0 Å². The molecule has 0 saturated carbocycles. The Kier molecular flexibility index (Phi) is 4.33. The van der Waals surface area contributed by atoms with E-state index in [0.29, 0.717) is 32.7 Å². The number of rotatable bonds is 4. The van der Waals surface area contributed by atoms with E-state index in [-0.39, 0.29) is 24.6 Å². The van der Waals surface area contributed by atoms with E-state index in [0.717, 1.165) is 0 Å². The zero-order valence-electron chi connectivity index (χ0n) is 10.5. The van der Waals surface area contributed by atoms with Gasteiger partial charge < -0.3 is 20.0 Å². The molecule has 106 valence electrons. The number of nitrogens with zero attached hydrogens (tertiary/aromatic N) is 3. The van der Waals surface area contributed by atoms with Crippen LogP contribution in [0.1, 0.15) is 6.42 Å². The third-order valence-corrected chi connectivity index (χ3v) is 3.29. The number of piperazine rings is 1. The highest BCUT2D eigenvalue weighted by Crippen LogP contribution is 2.15. The molecule has 1 atom stereocenters. The van der Waals surface area contributed by atoms with Gasteiger partial charge in [0.05, 0.1) is 6.61 Å². The molecular formula is C11H17N3O5. The van der Waals surface area contributed by atoms with Gasteiger partial charge in [-0.05, 0) is 0 Å². The Morgan fingerprint density at radius 2 is 2.00 bits per heavy atom. The summed E-state index contributed by atoms with van der Waals surface area (Å²) < 4.78 is 0. The van der Waals surface area contributed by atoms with Gasteiger partial charge in [0.1, 0.15) is 0 Å². The number of aliphatic hydroxyl groups is 1. The molecule has 2 rings (SSSR count). The van der Waals surface area contributed by atoms with E-state index in [2.05, 4.69) is 10.1 Å². The summed E-state index contributed by atoms with van der Waals surface area (Å²) in [6, 6.07) is 0. The van der Waals surface area contributed by atoms with Crippen LogP contribution in [0.4, 0.5) is 0 Å². The summed E-state index contributed by atoms with van der Waals surface area (Å²) in [6.07, 6.45) is -0.791. The van der Waals surface area contributed by atoms with Gasteiger partial charge in [0.15, 0.2) is 5.71 Å². The summed E-state index contributed by atoms with van der Waals surface area (Å²) in [5, 5.41) is 21.0. The number of β-amino-alcohol motifs (C(OH)–C–C–N with tert-alkyl or cyclic N) is 1. The lowest BCUT2D eigenvalue weighted by atomic mass is 10.1. The van der Waals surface area contributed by atoms with Crippen molar-refractivity contribution in [2.45, 2.75) is 12.5 Å². The molecule has 0 aromatic carbocycles. The van der Waals surface area contributed by atoms with Gasteiger partial charge in [-0.1, -0.05) is 5.16 Å². The summed E-state index contributed by atoms with van der Waals surface area (Å²) in [7, 11) is 0. The lowest BCUT2D eigenvalue weighted by Crippen LogP contribution is -2.52. The van der Waals surface area contributed by atoms with Crippen LogP contribution in [0, 0.1) is 0 Å². The molecule has 1 amide bonds. The number of hydrogen-bond donors (Lipinski definition) is 2. The number of oxime groups is 1. The Labute approximate surface area is 110 Å². The Hall–Kier alpha value is -1.67. The van der Waals surface area contributed by atoms with E-state index in [9.17, 15) is 9.59 Å². The summed E-state index contributed by atoms with van der Waals surface area (Å²) in [5.74, 6) is -1.37. The predicted octanol–water partition coefficient (Wildman–Crippen LogP) is -1.65. The number of amides is 1. The van der Waals surface area contributed by atoms with Gasteiger partial charge in [0.25, 0.3) is 5.91 Å². The van der Waals surface area contributed by atoms with Crippen molar-refractivity contribution < 1.29 is 24.6 Å². The molecule has 2 aliphatic rings. The maximum Gasteiger partial charge on any atom is 0.353 e. The van der Waals surface area contributed by atoms with Crippen LogP contribution in [0.3, 0.4) is 0 Å². The van der Waals surface area contributed by atoms with Gasteiger partial charge in [0.2, 0.25) is 6.10 Å². The summed E-state index contributed by atoms with van der Waals surface area (Å²) in [6.45, 7) is 3.23. The van der Waals surface area contributed by atoms with Crippen LogP contribution in [0.25, 0.3) is 0 Å². The first-order valence-corrected chi connectivity index (χ1v) is 6.20. The molecule has 0 spiro atoms. The van der Waals surface area contributed by atoms with Crippen molar-refractivity contribution in [2.75, 3.05) is 39.3 Å². The highest BCUT2D eigenvalue weighted by molar-refractivity contribution is 6.36. The van der Waals surface area contributed by atoms with E-state index in [1.807, 2.05) is 0 Å². The summed E-state index contributed by atoms with van der Waals surface area (Å²) in [5.41, 5.74) is -0.114. The van der Waals surface area contributed by atoms with Gasteiger partial charge in [0, 0.05) is 39.1 Å². The Morgan fingerprint density at radius 1 is 1.32 bits per heavy atom. The zero-order valence-corrected chi connectivity index (χ0v) is 10.5. The molecule has 8 nitrogen and oxygen atoms in total. The topological polar surface area (TPSA) is 103 Å². The lowest BCUT2D eigenvalue weighted by molar-refractivity contribution is -0.143. The number of aliphatic hydroxyl groups excluding tert-OH is 1. The molecule has 2 aliphatic heterocycles. The van der Waals surface area contributed by atoms with Gasteiger partial charge in [-0.25, -0.2) is 4.79 Å². The molecule has 0 aromatic rings. The van der Waals surface area contributed by atoms with Crippen LogP contribution in [-0.4, -0.2) is 83.0 Å². The van der Waals surface area contributed by atoms with Crippen LogP contribution in [0.15, 0.2) is 5.16 Å². The number of hydrogen-bond acceptors (Lipinski definition) is 6. The first-order chi connectivity index (χ1) is 9.11. The van der Waals surface area contributed by atoms with E-state index in [1.165, 1.54) is 0 Å². The van der Waals surface area contributed by atoms with Gasteiger partial charge >= 0.3 is 5.97 Å². The predicted molar refractivity (Wildman–Crippen MR) is 64.7 cm³/mol. The zero-order chi connectivity index (χ0) is 13.8. The SMILES string of the molecule is O=C(O)C1=NOC(C(=O)N2CCN(CCO)CC2)C1. The molecule has 8 heteroatoms. The second-order valence-corrected chi connectivity index (χ2v) is 4.53. The highest BCUT2D eigenvalue weighted by Gasteiger charge is 2.35. The van der Waals surface area contributed by atoms with Gasteiger partial charge in [-0.15, -0.1) is 0 Å². The van der Waals surface area contributed by atoms with E-state index in [4.69, 9.17) is 15.1 Å². The van der Waals surface area contributed by atoms with Gasteiger partial charge in [-0.2, -0.15) is 0 Å². The largest absolute Gasteiger partial charge is 0.477 e. The minimum Gasteiger partial charge on any atom is -0.477 e. The van der Waals surface area contributed by atoms with Crippen molar-refractivity contribution in [3.05, 3.63) is 0 Å². The normalized spacial score (nSPS) is 23.9. The maximum atomic E-state index is 12.1. The van der Waals surface area contributed by atoms with Crippen LogP contribution in [-0.2, 0) is 14.4 Å². The number of carboxylic acid groups (broad SMARTS) is 1. The third-order valence-electron chi connectivity index (χ3n) is 3.29. The number of aliphatic carboxylic acids is 1. The van der Waals surface area contributed by atoms with Crippen LogP contribution in [0.5, 0.6) is 0 Å². The molecule has 0 aliphatic carbocycles. The molecular weight excluding hydrogens is 254 g/mol. The monoisotopic (exact) mass is 271 g/mol.